The topological polar surface area (TPSA) is 37.3 Å². The van der Waals surface area contributed by atoms with Crippen LogP contribution in [0.5, 0.6) is 0 Å². The molecular formula is C13H19N3S. The van der Waals surface area contributed by atoms with Crippen molar-refractivity contribution in [1.29, 1.82) is 0 Å². The number of hydrogen-bond acceptors (Lipinski definition) is 3. The highest BCUT2D eigenvalue weighted by Crippen LogP contribution is 2.16. The Labute approximate surface area is 107 Å². The molecule has 0 radical (unpaired) electrons. The Kier molecular flexibility index (Phi) is 4.42. The second-order valence-electron chi connectivity index (χ2n) is 4.31. The SMILES string of the molecule is CCC1CCSC(=NCc2ccncc2C)N1. The molecule has 0 aromatic carbocycles. The van der Waals surface area contributed by atoms with Crippen LogP contribution in [-0.2, 0) is 6.54 Å². The van der Waals surface area contributed by atoms with E-state index >= 15 is 0 Å². The number of thioether (sulfide) groups is 1. The van der Waals surface area contributed by atoms with E-state index < -0.39 is 0 Å². The van der Waals surface area contributed by atoms with E-state index in [2.05, 4.69) is 29.1 Å². The van der Waals surface area contributed by atoms with Gasteiger partial charge in [-0.3, -0.25) is 9.98 Å². The molecule has 1 N–H and O–H groups in total. The number of nitrogens with zero attached hydrogens (tertiary/aromatic N) is 2. The molecular weight excluding hydrogens is 230 g/mol. The van der Waals surface area contributed by atoms with Gasteiger partial charge in [0.2, 0.25) is 0 Å². The van der Waals surface area contributed by atoms with Gasteiger partial charge >= 0.3 is 0 Å². The summed E-state index contributed by atoms with van der Waals surface area (Å²) < 4.78 is 0. The summed E-state index contributed by atoms with van der Waals surface area (Å²) >= 11 is 1.83. The number of aryl methyl sites for hydroxylation is 1. The highest BCUT2D eigenvalue weighted by atomic mass is 32.2. The van der Waals surface area contributed by atoms with Gasteiger partial charge in [0.1, 0.15) is 0 Å². The number of aliphatic imine (C=N–C) groups is 1. The molecule has 1 saturated heterocycles. The van der Waals surface area contributed by atoms with Crippen molar-refractivity contribution < 1.29 is 0 Å². The summed E-state index contributed by atoms with van der Waals surface area (Å²) in [5, 5.41) is 4.59. The van der Waals surface area contributed by atoms with Gasteiger partial charge < -0.3 is 5.32 Å². The summed E-state index contributed by atoms with van der Waals surface area (Å²) in [7, 11) is 0. The van der Waals surface area contributed by atoms with E-state index in [1.54, 1.807) is 0 Å². The Bertz CT molecular complexity index is 403. The molecule has 17 heavy (non-hydrogen) atoms. The van der Waals surface area contributed by atoms with Crippen molar-refractivity contribution in [2.24, 2.45) is 4.99 Å². The predicted octanol–water partition coefficient (Wildman–Crippen LogP) is 2.75. The lowest BCUT2D eigenvalue weighted by atomic mass is 10.1. The number of nitrogens with one attached hydrogen (secondary N) is 1. The quantitative estimate of drug-likeness (QED) is 0.895. The minimum atomic E-state index is 0.605. The van der Waals surface area contributed by atoms with Crippen LogP contribution >= 0.6 is 11.8 Å². The molecule has 92 valence electrons. The molecule has 2 heterocycles. The zero-order valence-corrected chi connectivity index (χ0v) is 11.3. The first-order chi connectivity index (χ1) is 8.29. The van der Waals surface area contributed by atoms with Gasteiger partial charge in [-0.15, -0.1) is 0 Å². The Morgan fingerprint density at radius 2 is 2.47 bits per heavy atom. The van der Waals surface area contributed by atoms with Crippen LogP contribution in [-0.4, -0.2) is 21.9 Å². The van der Waals surface area contributed by atoms with Crippen molar-refractivity contribution in [2.45, 2.75) is 39.3 Å². The number of rotatable bonds is 3. The molecule has 0 spiro atoms. The zero-order valence-electron chi connectivity index (χ0n) is 10.4. The largest absolute Gasteiger partial charge is 0.362 e. The lowest BCUT2D eigenvalue weighted by Gasteiger charge is -2.24. The zero-order chi connectivity index (χ0) is 12.1. The van der Waals surface area contributed by atoms with Crippen LogP contribution in [0.15, 0.2) is 23.5 Å². The smallest absolute Gasteiger partial charge is 0.157 e. The maximum atomic E-state index is 4.65. The Balaban J connectivity index is 1.98. The van der Waals surface area contributed by atoms with Crippen molar-refractivity contribution in [2.75, 3.05) is 5.75 Å². The summed E-state index contributed by atoms with van der Waals surface area (Å²) in [6.45, 7) is 5.05. The molecule has 1 fully saturated rings. The minimum absolute atomic E-state index is 0.605. The lowest BCUT2D eigenvalue weighted by Crippen LogP contribution is -2.37. The summed E-state index contributed by atoms with van der Waals surface area (Å²) in [4.78, 5) is 8.75. The van der Waals surface area contributed by atoms with Crippen LogP contribution in [0, 0.1) is 6.92 Å². The number of amidine groups is 1. The molecule has 0 saturated carbocycles. The van der Waals surface area contributed by atoms with Crippen LogP contribution < -0.4 is 5.32 Å². The van der Waals surface area contributed by atoms with Crippen molar-refractivity contribution in [3.8, 4) is 0 Å². The number of hydrogen-bond donors (Lipinski definition) is 1. The van der Waals surface area contributed by atoms with Gasteiger partial charge in [0.05, 0.1) is 6.54 Å². The molecule has 1 aromatic rings. The fourth-order valence-electron chi connectivity index (χ4n) is 1.82. The van der Waals surface area contributed by atoms with Crippen LogP contribution in [0.4, 0.5) is 0 Å². The van der Waals surface area contributed by atoms with E-state index in [0.717, 1.165) is 11.7 Å². The first kappa shape index (κ1) is 12.4. The minimum Gasteiger partial charge on any atom is -0.362 e. The Hall–Kier alpha value is -1.03. The second-order valence-corrected chi connectivity index (χ2v) is 5.39. The standard InChI is InChI=1S/C13H19N3S/c1-3-12-5-7-17-13(16-12)15-9-11-4-6-14-8-10(11)2/h4,6,8,12H,3,5,7,9H2,1-2H3,(H,15,16). The second kappa shape index (κ2) is 6.05. The summed E-state index contributed by atoms with van der Waals surface area (Å²) in [5.41, 5.74) is 2.47. The molecule has 4 heteroatoms. The highest BCUT2D eigenvalue weighted by molar-refractivity contribution is 8.13. The maximum absolute atomic E-state index is 4.65. The molecule has 1 atom stereocenters. The van der Waals surface area contributed by atoms with E-state index in [0.29, 0.717) is 6.04 Å². The maximum Gasteiger partial charge on any atom is 0.157 e. The van der Waals surface area contributed by atoms with Gasteiger partial charge in [0, 0.05) is 24.2 Å². The summed E-state index contributed by atoms with van der Waals surface area (Å²) in [6.07, 6.45) is 6.15. The Morgan fingerprint density at radius 1 is 1.59 bits per heavy atom. The molecule has 1 aromatic heterocycles. The van der Waals surface area contributed by atoms with Gasteiger partial charge in [-0.2, -0.15) is 0 Å². The van der Waals surface area contributed by atoms with E-state index in [9.17, 15) is 0 Å². The third kappa shape index (κ3) is 3.46. The van der Waals surface area contributed by atoms with Crippen molar-refractivity contribution in [3.05, 3.63) is 29.6 Å². The number of aromatic nitrogens is 1. The number of pyridine rings is 1. The van der Waals surface area contributed by atoms with Crippen molar-refractivity contribution in [3.63, 3.8) is 0 Å². The fraction of sp³-hybridized carbons (Fsp3) is 0.538. The third-order valence-electron chi connectivity index (χ3n) is 3.05. The highest BCUT2D eigenvalue weighted by Gasteiger charge is 2.15. The average Bonchev–Trinajstić information content (AvgIpc) is 2.38. The molecule has 0 bridgehead atoms. The van der Waals surface area contributed by atoms with Crippen LogP contribution in [0.3, 0.4) is 0 Å². The van der Waals surface area contributed by atoms with E-state index in [4.69, 9.17) is 0 Å². The predicted molar refractivity (Wildman–Crippen MR) is 74.4 cm³/mol. The lowest BCUT2D eigenvalue weighted by molar-refractivity contribution is 0.570. The van der Waals surface area contributed by atoms with Crippen LogP contribution in [0.25, 0.3) is 0 Å². The molecule has 1 unspecified atom stereocenters. The van der Waals surface area contributed by atoms with Gasteiger partial charge in [0.25, 0.3) is 0 Å². The first-order valence-corrected chi connectivity index (χ1v) is 7.11. The van der Waals surface area contributed by atoms with Crippen molar-refractivity contribution in [1.82, 2.24) is 10.3 Å². The molecule has 2 rings (SSSR count). The third-order valence-corrected chi connectivity index (χ3v) is 4.02. The van der Waals surface area contributed by atoms with Gasteiger partial charge in [0.15, 0.2) is 5.17 Å². The van der Waals surface area contributed by atoms with E-state index in [1.165, 1.54) is 29.7 Å². The molecule has 1 aliphatic heterocycles. The monoisotopic (exact) mass is 249 g/mol. The summed E-state index contributed by atoms with van der Waals surface area (Å²) in [5.74, 6) is 1.18. The molecule has 1 aliphatic rings. The van der Waals surface area contributed by atoms with E-state index in [1.807, 2.05) is 30.2 Å². The normalized spacial score (nSPS) is 22.5. The first-order valence-electron chi connectivity index (χ1n) is 6.13. The fourth-order valence-corrected chi connectivity index (χ4v) is 2.82. The molecule has 0 amide bonds. The van der Waals surface area contributed by atoms with E-state index in [-0.39, 0.29) is 0 Å². The van der Waals surface area contributed by atoms with Gasteiger partial charge in [-0.1, -0.05) is 18.7 Å². The van der Waals surface area contributed by atoms with Crippen LogP contribution in [0.2, 0.25) is 0 Å². The molecule has 3 nitrogen and oxygen atoms in total. The van der Waals surface area contributed by atoms with Gasteiger partial charge in [-0.05, 0) is 37.0 Å². The van der Waals surface area contributed by atoms with Crippen LogP contribution in [0.1, 0.15) is 30.9 Å². The van der Waals surface area contributed by atoms with Crippen molar-refractivity contribution >= 4 is 16.9 Å². The molecule has 0 aliphatic carbocycles. The Morgan fingerprint density at radius 3 is 3.24 bits per heavy atom. The summed E-state index contributed by atoms with van der Waals surface area (Å²) in [6, 6.07) is 2.65. The van der Waals surface area contributed by atoms with Gasteiger partial charge in [-0.25, -0.2) is 0 Å². The average molecular weight is 249 g/mol.